The Morgan fingerprint density at radius 1 is 1.13 bits per heavy atom. The molecule has 0 aromatic rings. The molecule has 4 N–H and O–H groups in total. The highest BCUT2D eigenvalue weighted by molar-refractivity contribution is 4.91. The molecule has 0 unspecified atom stereocenters. The molecule has 0 amide bonds. The van der Waals surface area contributed by atoms with Gasteiger partial charge in [0.15, 0.2) is 6.10 Å². The molecule has 1 aliphatic rings. The SMILES string of the molecule is O=[N+]([O-])C[C@@H]1O[C@H](CO)[C@@H](O)[C@H](O)[C@H]1O. The molecule has 88 valence electrons. The smallest absolute Gasteiger partial charge is 0.232 e. The number of nitrogens with zero attached hydrogens (tertiary/aromatic N) is 1. The van der Waals surface area contributed by atoms with Crippen LogP contribution in [0, 0.1) is 10.1 Å². The number of ether oxygens (including phenoxy) is 1. The van der Waals surface area contributed by atoms with E-state index in [4.69, 9.17) is 9.84 Å². The van der Waals surface area contributed by atoms with Gasteiger partial charge >= 0.3 is 0 Å². The summed E-state index contributed by atoms with van der Waals surface area (Å²) in [5.74, 6) is 0. The zero-order valence-electron chi connectivity index (χ0n) is 7.76. The van der Waals surface area contributed by atoms with Gasteiger partial charge in [-0.25, -0.2) is 0 Å². The van der Waals surface area contributed by atoms with Crippen molar-refractivity contribution in [2.45, 2.75) is 30.5 Å². The molecule has 15 heavy (non-hydrogen) atoms. The van der Waals surface area contributed by atoms with Crippen LogP contribution in [0.5, 0.6) is 0 Å². The summed E-state index contributed by atoms with van der Waals surface area (Å²) in [4.78, 5) is 9.50. The minimum Gasteiger partial charge on any atom is -0.394 e. The van der Waals surface area contributed by atoms with Crippen LogP contribution in [0.2, 0.25) is 0 Å². The third kappa shape index (κ3) is 2.61. The molecule has 1 fully saturated rings. The minimum absolute atomic E-state index is 0.584. The van der Waals surface area contributed by atoms with Crippen molar-refractivity contribution >= 4 is 0 Å². The van der Waals surface area contributed by atoms with Gasteiger partial charge in [-0.05, 0) is 0 Å². The first-order chi connectivity index (χ1) is 6.97. The molecule has 1 heterocycles. The van der Waals surface area contributed by atoms with Crippen molar-refractivity contribution in [2.75, 3.05) is 13.2 Å². The number of hydrogen-bond acceptors (Lipinski definition) is 7. The Hall–Kier alpha value is -0.800. The fourth-order valence-electron chi connectivity index (χ4n) is 1.48. The van der Waals surface area contributed by atoms with Gasteiger partial charge in [0.05, 0.1) is 6.61 Å². The quantitative estimate of drug-likeness (QED) is 0.298. The van der Waals surface area contributed by atoms with Crippen LogP contribution >= 0.6 is 0 Å². The lowest BCUT2D eigenvalue weighted by molar-refractivity contribution is -0.499. The average molecular weight is 223 g/mol. The van der Waals surface area contributed by atoms with E-state index in [0.717, 1.165) is 0 Å². The van der Waals surface area contributed by atoms with Crippen LogP contribution in [0.15, 0.2) is 0 Å². The fraction of sp³-hybridized carbons (Fsp3) is 1.00. The Kier molecular flexibility index (Phi) is 3.94. The van der Waals surface area contributed by atoms with Crippen LogP contribution in [-0.2, 0) is 4.74 Å². The highest BCUT2D eigenvalue weighted by Crippen LogP contribution is 2.21. The summed E-state index contributed by atoms with van der Waals surface area (Å²) >= 11 is 0. The van der Waals surface area contributed by atoms with Crippen LogP contribution < -0.4 is 0 Å². The number of aliphatic hydroxyl groups excluding tert-OH is 4. The van der Waals surface area contributed by atoms with Gasteiger partial charge in [-0.2, -0.15) is 0 Å². The largest absolute Gasteiger partial charge is 0.394 e. The Balaban J connectivity index is 2.69. The predicted octanol–water partition coefficient (Wildman–Crippen LogP) is -2.89. The number of nitro groups is 1. The lowest BCUT2D eigenvalue weighted by Crippen LogP contribution is -2.60. The van der Waals surface area contributed by atoms with E-state index in [0.29, 0.717) is 0 Å². The second kappa shape index (κ2) is 4.81. The summed E-state index contributed by atoms with van der Waals surface area (Å²) in [6.07, 6.45) is -6.88. The van der Waals surface area contributed by atoms with Crippen molar-refractivity contribution in [3.05, 3.63) is 10.1 Å². The third-order valence-electron chi connectivity index (χ3n) is 2.32. The molecule has 0 bridgehead atoms. The lowest BCUT2D eigenvalue weighted by atomic mass is 9.95. The Labute approximate surface area is 84.9 Å². The first-order valence-electron chi connectivity index (χ1n) is 4.39. The van der Waals surface area contributed by atoms with Crippen molar-refractivity contribution < 1.29 is 30.1 Å². The van der Waals surface area contributed by atoms with Gasteiger partial charge in [0.1, 0.15) is 24.4 Å². The van der Waals surface area contributed by atoms with Crippen LogP contribution in [0.1, 0.15) is 0 Å². The molecule has 0 saturated carbocycles. The molecule has 1 saturated heterocycles. The van der Waals surface area contributed by atoms with E-state index in [1.54, 1.807) is 0 Å². The Bertz CT molecular complexity index is 233. The molecule has 1 rings (SSSR count). The van der Waals surface area contributed by atoms with E-state index in [2.05, 4.69) is 0 Å². The van der Waals surface area contributed by atoms with Crippen molar-refractivity contribution in [3.8, 4) is 0 Å². The van der Waals surface area contributed by atoms with Gasteiger partial charge in [-0.15, -0.1) is 0 Å². The molecule has 0 aromatic carbocycles. The summed E-state index contributed by atoms with van der Waals surface area (Å²) in [5.41, 5.74) is 0. The summed E-state index contributed by atoms with van der Waals surface area (Å²) in [5, 5.41) is 46.9. The second-order valence-corrected chi connectivity index (χ2v) is 3.38. The molecule has 0 radical (unpaired) electrons. The third-order valence-corrected chi connectivity index (χ3v) is 2.32. The Morgan fingerprint density at radius 3 is 2.13 bits per heavy atom. The van der Waals surface area contributed by atoms with Gasteiger partial charge in [0.2, 0.25) is 6.54 Å². The predicted molar refractivity (Wildman–Crippen MR) is 45.6 cm³/mol. The molecule has 8 nitrogen and oxygen atoms in total. The topological polar surface area (TPSA) is 133 Å². The maximum absolute atomic E-state index is 10.2. The summed E-state index contributed by atoms with van der Waals surface area (Å²) in [7, 11) is 0. The molecular formula is C7H13NO7. The molecule has 0 aliphatic carbocycles. The van der Waals surface area contributed by atoms with Crippen molar-refractivity contribution in [3.63, 3.8) is 0 Å². The maximum Gasteiger partial charge on any atom is 0.232 e. The molecule has 5 atom stereocenters. The van der Waals surface area contributed by atoms with Crippen LogP contribution in [-0.4, -0.2) is 69.0 Å². The van der Waals surface area contributed by atoms with E-state index in [-0.39, 0.29) is 0 Å². The normalized spacial score (nSPS) is 41.5. The molecule has 0 spiro atoms. The average Bonchev–Trinajstić information content (AvgIpc) is 2.18. The van der Waals surface area contributed by atoms with Gasteiger partial charge in [0, 0.05) is 4.92 Å². The monoisotopic (exact) mass is 223 g/mol. The first-order valence-corrected chi connectivity index (χ1v) is 4.39. The highest BCUT2D eigenvalue weighted by atomic mass is 16.6. The van der Waals surface area contributed by atoms with Gasteiger partial charge in [0.25, 0.3) is 0 Å². The summed E-state index contributed by atoms with van der Waals surface area (Å²) in [6.45, 7) is -1.28. The molecule has 0 aromatic heterocycles. The Morgan fingerprint density at radius 2 is 1.67 bits per heavy atom. The van der Waals surface area contributed by atoms with Gasteiger partial charge in [-0.1, -0.05) is 0 Å². The van der Waals surface area contributed by atoms with Gasteiger partial charge in [-0.3, -0.25) is 10.1 Å². The standard InChI is InChI=1S/C7H13NO7/c9-2-4-6(11)7(12)5(10)3(15-4)1-8(13)14/h3-7,9-12H,1-2H2/t3-,4+,5-,6+,7+/m0/s1. The van der Waals surface area contributed by atoms with Crippen molar-refractivity contribution in [1.29, 1.82) is 0 Å². The fourth-order valence-corrected chi connectivity index (χ4v) is 1.48. The van der Waals surface area contributed by atoms with E-state index in [9.17, 15) is 25.4 Å². The van der Waals surface area contributed by atoms with Crippen LogP contribution in [0.3, 0.4) is 0 Å². The van der Waals surface area contributed by atoms with E-state index < -0.39 is 48.6 Å². The van der Waals surface area contributed by atoms with E-state index in [1.807, 2.05) is 0 Å². The van der Waals surface area contributed by atoms with Gasteiger partial charge < -0.3 is 25.2 Å². The number of aliphatic hydroxyl groups is 4. The van der Waals surface area contributed by atoms with Crippen molar-refractivity contribution in [1.82, 2.24) is 0 Å². The van der Waals surface area contributed by atoms with Crippen LogP contribution in [0.25, 0.3) is 0 Å². The van der Waals surface area contributed by atoms with Crippen LogP contribution in [0.4, 0.5) is 0 Å². The molecule has 8 heteroatoms. The maximum atomic E-state index is 10.2. The summed E-state index contributed by atoms with van der Waals surface area (Å²) < 4.78 is 4.89. The molecular weight excluding hydrogens is 210 g/mol. The summed E-state index contributed by atoms with van der Waals surface area (Å²) in [6, 6.07) is 0. The number of rotatable bonds is 3. The molecule has 1 aliphatic heterocycles. The van der Waals surface area contributed by atoms with Crippen molar-refractivity contribution in [2.24, 2.45) is 0 Å². The first kappa shape index (κ1) is 12.3. The zero-order valence-corrected chi connectivity index (χ0v) is 7.76. The zero-order chi connectivity index (χ0) is 11.6. The van der Waals surface area contributed by atoms with E-state index >= 15 is 0 Å². The lowest BCUT2D eigenvalue weighted by Gasteiger charge is -2.38. The minimum atomic E-state index is -1.55. The highest BCUT2D eigenvalue weighted by Gasteiger charge is 2.45. The second-order valence-electron chi connectivity index (χ2n) is 3.38. The van der Waals surface area contributed by atoms with E-state index in [1.165, 1.54) is 0 Å². The number of hydrogen-bond donors (Lipinski definition) is 4.